The molecule has 1 aliphatic rings. The SMILES string of the molecule is COc1ccc(CCN(C)C)cc1CN1CCNCC1. The molecule has 4 heteroatoms. The van der Waals surface area contributed by atoms with Crippen LogP contribution >= 0.6 is 0 Å². The minimum absolute atomic E-state index is 0.987. The van der Waals surface area contributed by atoms with E-state index in [-0.39, 0.29) is 0 Å². The first-order chi connectivity index (χ1) is 9.69. The number of hydrogen-bond donors (Lipinski definition) is 1. The minimum atomic E-state index is 0.987. The van der Waals surface area contributed by atoms with E-state index >= 15 is 0 Å². The first kappa shape index (κ1) is 15.3. The second kappa shape index (κ2) is 7.62. The van der Waals surface area contributed by atoms with Crippen molar-refractivity contribution >= 4 is 0 Å². The first-order valence-corrected chi connectivity index (χ1v) is 7.42. The van der Waals surface area contributed by atoms with Gasteiger partial charge in [-0.3, -0.25) is 4.90 Å². The van der Waals surface area contributed by atoms with Crippen LogP contribution in [0.4, 0.5) is 0 Å². The van der Waals surface area contributed by atoms with E-state index in [0.717, 1.165) is 51.4 Å². The Kier molecular flexibility index (Phi) is 5.83. The lowest BCUT2D eigenvalue weighted by Gasteiger charge is -2.28. The van der Waals surface area contributed by atoms with Gasteiger partial charge in [-0.15, -0.1) is 0 Å². The van der Waals surface area contributed by atoms with Crippen molar-refractivity contribution in [3.63, 3.8) is 0 Å². The van der Waals surface area contributed by atoms with Crippen LogP contribution in [0.5, 0.6) is 5.75 Å². The highest BCUT2D eigenvalue weighted by molar-refractivity contribution is 5.37. The Hall–Kier alpha value is -1.10. The van der Waals surface area contributed by atoms with Gasteiger partial charge in [0.25, 0.3) is 0 Å². The van der Waals surface area contributed by atoms with Crippen molar-refractivity contribution in [1.29, 1.82) is 0 Å². The van der Waals surface area contributed by atoms with Gasteiger partial charge in [-0.25, -0.2) is 0 Å². The summed E-state index contributed by atoms with van der Waals surface area (Å²) in [7, 11) is 5.99. The lowest BCUT2D eigenvalue weighted by atomic mass is 10.1. The molecule has 1 aliphatic heterocycles. The van der Waals surface area contributed by atoms with Gasteiger partial charge in [-0.1, -0.05) is 12.1 Å². The Morgan fingerprint density at radius 1 is 1.25 bits per heavy atom. The van der Waals surface area contributed by atoms with E-state index in [1.54, 1.807) is 7.11 Å². The van der Waals surface area contributed by atoms with E-state index in [2.05, 4.69) is 47.4 Å². The molecule has 1 aromatic rings. The second-order valence-electron chi connectivity index (χ2n) is 5.73. The molecule has 1 saturated heterocycles. The number of piperazine rings is 1. The number of nitrogens with one attached hydrogen (secondary N) is 1. The molecule has 0 unspecified atom stereocenters. The highest BCUT2D eigenvalue weighted by Gasteiger charge is 2.13. The van der Waals surface area contributed by atoms with Crippen LogP contribution in [0.2, 0.25) is 0 Å². The molecule has 0 bridgehead atoms. The number of benzene rings is 1. The van der Waals surface area contributed by atoms with E-state index in [9.17, 15) is 0 Å². The lowest BCUT2D eigenvalue weighted by molar-refractivity contribution is 0.230. The first-order valence-electron chi connectivity index (χ1n) is 7.42. The van der Waals surface area contributed by atoms with Gasteiger partial charge in [-0.05, 0) is 32.1 Å². The summed E-state index contributed by atoms with van der Waals surface area (Å²) in [5.74, 6) is 1.01. The van der Waals surface area contributed by atoms with Crippen LogP contribution in [-0.2, 0) is 13.0 Å². The summed E-state index contributed by atoms with van der Waals surface area (Å²) in [6, 6.07) is 6.61. The fraction of sp³-hybridized carbons (Fsp3) is 0.625. The molecule has 1 N–H and O–H groups in total. The summed E-state index contributed by atoms with van der Waals surface area (Å²) >= 11 is 0. The van der Waals surface area contributed by atoms with Gasteiger partial charge in [0.05, 0.1) is 7.11 Å². The van der Waals surface area contributed by atoms with E-state index in [1.807, 2.05) is 0 Å². The largest absolute Gasteiger partial charge is 0.496 e. The maximum Gasteiger partial charge on any atom is 0.123 e. The number of hydrogen-bond acceptors (Lipinski definition) is 4. The third kappa shape index (κ3) is 4.47. The highest BCUT2D eigenvalue weighted by atomic mass is 16.5. The number of nitrogens with zero attached hydrogens (tertiary/aromatic N) is 2. The average molecular weight is 277 g/mol. The van der Waals surface area contributed by atoms with Crippen molar-refractivity contribution in [2.75, 3.05) is 53.9 Å². The van der Waals surface area contributed by atoms with Crippen molar-refractivity contribution in [3.05, 3.63) is 29.3 Å². The quantitative estimate of drug-likeness (QED) is 0.846. The van der Waals surface area contributed by atoms with Crippen molar-refractivity contribution in [2.24, 2.45) is 0 Å². The molecule has 4 nitrogen and oxygen atoms in total. The van der Waals surface area contributed by atoms with Gasteiger partial charge in [0.1, 0.15) is 5.75 Å². The van der Waals surface area contributed by atoms with Gasteiger partial charge in [0.2, 0.25) is 0 Å². The summed E-state index contributed by atoms with van der Waals surface area (Å²) in [6.45, 7) is 6.47. The Morgan fingerprint density at radius 3 is 2.65 bits per heavy atom. The second-order valence-corrected chi connectivity index (χ2v) is 5.73. The van der Waals surface area contributed by atoms with E-state index in [0.29, 0.717) is 0 Å². The van der Waals surface area contributed by atoms with E-state index < -0.39 is 0 Å². The molecule has 0 aliphatic carbocycles. The molecule has 1 aromatic carbocycles. The predicted molar refractivity (Wildman–Crippen MR) is 83.4 cm³/mol. The normalized spacial score (nSPS) is 16.6. The Bertz CT molecular complexity index is 414. The highest BCUT2D eigenvalue weighted by Crippen LogP contribution is 2.22. The zero-order chi connectivity index (χ0) is 14.4. The number of methoxy groups -OCH3 is 1. The molecule has 0 atom stereocenters. The number of ether oxygens (including phenoxy) is 1. The Morgan fingerprint density at radius 2 is 2.00 bits per heavy atom. The average Bonchev–Trinajstić information content (AvgIpc) is 2.46. The van der Waals surface area contributed by atoms with Gasteiger partial charge in [-0.2, -0.15) is 0 Å². The molecule has 0 aromatic heterocycles. The third-order valence-corrected chi connectivity index (χ3v) is 3.80. The molecular formula is C16H27N3O. The summed E-state index contributed by atoms with van der Waals surface area (Å²) in [5.41, 5.74) is 2.70. The van der Waals surface area contributed by atoms with E-state index in [1.165, 1.54) is 11.1 Å². The summed E-state index contributed by atoms with van der Waals surface area (Å²) < 4.78 is 5.51. The van der Waals surface area contributed by atoms with Crippen LogP contribution in [-0.4, -0.2) is 63.7 Å². The van der Waals surface area contributed by atoms with Crippen molar-refractivity contribution in [3.8, 4) is 5.75 Å². The molecule has 112 valence electrons. The lowest BCUT2D eigenvalue weighted by Crippen LogP contribution is -2.42. The molecule has 1 heterocycles. The maximum atomic E-state index is 5.51. The summed E-state index contributed by atoms with van der Waals surface area (Å²) in [5, 5.41) is 3.39. The van der Waals surface area contributed by atoms with Crippen LogP contribution in [0.3, 0.4) is 0 Å². The molecule has 1 fully saturated rings. The van der Waals surface area contributed by atoms with Crippen LogP contribution < -0.4 is 10.1 Å². The van der Waals surface area contributed by atoms with Crippen molar-refractivity contribution in [2.45, 2.75) is 13.0 Å². The van der Waals surface area contributed by atoms with Gasteiger partial charge in [0.15, 0.2) is 0 Å². The van der Waals surface area contributed by atoms with Crippen LogP contribution in [0.25, 0.3) is 0 Å². The third-order valence-electron chi connectivity index (χ3n) is 3.80. The predicted octanol–water partition coefficient (Wildman–Crippen LogP) is 1.20. The fourth-order valence-corrected chi connectivity index (χ4v) is 2.57. The molecule has 0 spiro atoms. The monoisotopic (exact) mass is 277 g/mol. The molecule has 0 saturated carbocycles. The zero-order valence-electron chi connectivity index (χ0n) is 13.0. The molecular weight excluding hydrogens is 250 g/mol. The molecule has 20 heavy (non-hydrogen) atoms. The number of rotatable bonds is 6. The van der Waals surface area contributed by atoms with Crippen molar-refractivity contribution in [1.82, 2.24) is 15.1 Å². The molecule has 0 amide bonds. The van der Waals surface area contributed by atoms with Gasteiger partial charge >= 0.3 is 0 Å². The van der Waals surface area contributed by atoms with Crippen molar-refractivity contribution < 1.29 is 4.74 Å². The molecule has 2 rings (SSSR count). The van der Waals surface area contributed by atoms with Gasteiger partial charge < -0.3 is 15.0 Å². The fourth-order valence-electron chi connectivity index (χ4n) is 2.57. The summed E-state index contributed by atoms with van der Waals surface area (Å²) in [6.07, 6.45) is 1.09. The van der Waals surface area contributed by atoms with Crippen LogP contribution in [0.1, 0.15) is 11.1 Å². The maximum absolute atomic E-state index is 5.51. The van der Waals surface area contributed by atoms with Crippen LogP contribution in [0.15, 0.2) is 18.2 Å². The van der Waals surface area contributed by atoms with E-state index in [4.69, 9.17) is 4.74 Å². The smallest absolute Gasteiger partial charge is 0.123 e. The number of likely N-dealkylation sites (N-methyl/N-ethyl adjacent to an activating group) is 1. The Balaban J connectivity index is 2.05. The Labute approximate surface area is 122 Å². The zero-order valence-corrected chi connectivity index (χ0v) is 13.0. The molecule has 0 radical (unpaired) electrons. The standard InChI is InChI=1S/C16H27N3O/c1-18(2)9-6-14-4-5-16(20-3)15(12-14)13-19-10-7-17-8-11-19/h4-5,12,17H,6-11,13H2,1-3H3. The van der Waals surface area contributed by atoms with Crippen LogP contribution in [0, 0.1) is 0 Å². The topological polar surface area (TPSA) is 27.7 Å². The minimum Gasteiger partial charge on any atom is -0.496 e. The van der Waals surface area contributed by atoms with Gasteiger partial charge in [0, 0.05) is 44.8 Å². The summed E-state index contributed by atoms with van der Waals surface area (Å²) in [4.78, 5) is 4.71.